The van der Waals surface area contributed by atoms with E-state index in [2.05, 4.69) is 15.2 Å². The summed E-state index contributed by atoms with van der Waals surface area (Å²) in [6.45, 7) is 5.42. The standard InChI is InChI=1S/C27H30FN7O3/c1-27(2,3)38-26(37)35-18-6-9-21(35)25(28)22(11-18)33(4)24-10-8-20(31-32-24)19-7-5-17(12-23(19)36)34-14-16(13-29)30-15-34/h5,7-8,10,12,14-15,18,21-22,25,36H,6,9,11H2,1-4H3/t18-,21-,22-,25+/m0/s1. The van der Waals surface area contributed by atoms with Crippen LogP contribution in [0, 0.1) is 11.3 Å². The maximum absolute atomic E-state index is 15.7. The molecule has 38 heavy (non-hydrogen) atoms. The van der Waals surface area contributed by atoms with Crippen LogP contribution in [-0.2, 0) is 4.74 Å². The fourth-order valence-corrected chi connectivity index (χ4v) is 5.34. The topological polar surface area (TPSA) is 120 Å². The number of aromatic nitrogens is 4. The van der Waals surface area contributed by atoms with Crippen LogP contribution >= 0.6 is 0 Å². The predicted molar refractivity (Wildman–Crippen MR) is 138 cm³/mol. The van der Waals surface area contributed by atoms with E-state index in [0.717, 1.165) is 6.42 Å². The summed E-state index contributed by atoms with van der Waals surface area (Å²) in [5.41, 5.74) is 1.24. The summed E-state index contributed by atoms with van der Waals surface area (Å²) in [5.74, 6) is 0.505. The number of nitrogens with zero attached hydrogens (tertiary/aromatic N) is 7. The quantitative estimate of drug-likeness (QED) is 0.544. The highest BCUT2D eigenvalue weighted by molar-refractivity contribution is 5.70. The molecule has 0 saturated carbocycles. The van der Waals surface area contributed by atoms with Gasteiger partial charge in [0.1, 0.15) is 29.9 Å². The van der Waals surface area contributed by atoms with Crippen LogP contribution < -0.4 is 4.90 Å². The number of aromatic hydroxyl groups is 1. The van der Waals surface area contributed by atoms with Gasteiger partial charge >= 0.3 is 6.09 Å². The van der Waals surface area contributed by atoms with Gasteiger partial charge in [-0.05, 0) is 64.3 Å². The van der Waals surface area contributed by atoms with E-state index < -0.39 is 29.9 Å². The molecule has 11 heteroatoms. The number of ether oxygens (including phenoxy) is 1. The van der Waals surface area contributed by atoms with Crippen LogP contribution in [0.15, 0.2) is 42.9 Å². The lowest BCUT2D eigenvalue weighted by Crippen LogP contribution is -2.59. The van der Waals surface area contributed by atoms with Crippen LogP contribution in [0.2, 0.25) is 0 Å². The minimum atomic E-state index is -1.26. The minimum Gasteiger partial charge on any atom is -0.507 e. The number of hydrogen-bond donors (Lipinski definition) is 1. The number of amides is 1. The maximum atomic E-state index is 15.7. The van der Waals surface area contributed by atoms with Gasteiger partial charge in [0.05, 0.1) is 23.5 Å². The molecule has 3 aromatic rings. The van der Waals surface area contributed by atoms with Gasteiger partial charge in [0.25, 0.3) is 0 Å². The number of halogens is 1. The molecule has 1 N–H and O–H groups in total. The molecular weight excluding hydrogens is 489 g/mol. The molecule has 2 aliphatic rings. The first-order valence-electron chi connectivity index (χ1n) is 12.6. The van der Waals surface area contributed by atoms with Gasteiger partial charge in [0, 0.05) is 30.9 Å². The van der Waals surface area contributed by atoms with Crippen molar-refractivity contribution in [3.8, 4) is 28.8 Å². The number of benzene rings is 1. The molecule has 0 unspecified atom stereocenters. The summed E-state index contributed by atoms with van der Waals surface area (Å²) in [5, 5.41) is 28.2. The van der Waals surface area contributed by atoms with E-state index in [1.807, 2.05) is 26.8 Å². The summed E-state index contributed by atoms with van der Waals surface area (Å²) >= 11 is 0. The molecular formula is C27H30FN7O3. The van der Waals surface area contributed by atoms with Gasteiger partial charge in [-0.15, -0.1) is 10.2 Å². The van der Waals surface area contributed by atoms with Gasteiger partial charge in [-0.25, -0.2) is 14.2 Å². The second-order valence-electron chi connectivity index (χ2n) is 10.8. The number of fused-ring (bicyclic) bond motifs is 2. The molecule has 1 aromatic carbocycles. The zero-order valence-corrected chi connectivity index (χ0v) is 21.7. The van der Waals surface area contributed by atoms with Crippen LogP contribution in [0.4, 0.5) is 15.0 Å². The van der Waals surface area contributed by atoms with E-state index in [0.29, 0.717) is 35.6 Å². The molecule has 0 spiro atoms. The van der Waals surface area contributed by atoms with Gasteiger partial charge in [-0.2, -0.15) is 5.26 Å². The summed E-state index contributed by atoms with van der Waals surface area (Å²) < 4.78 is 22.9. The lowest BCUT2D eigenvalue weighted by Gasteiger charge is -2.44. The van der Waals surface area contributed by atoms with Crippen molar-refractivity contribution in [1.82, 2.24) is 24.6 Å². The number of piperidine rings is 1. The molecule has 2 fully saturated rings. The number of imidazole rings is 1. The number of phenols is 1. The molecule has 1 amide bonds. The second-order valence-corrected chi connectivity index (χ2v) is 10.8. The molecule has 0 aliphatic carbocycles. The third-order valence-electron chi connectivity index (χ3n) is 7.16. The molecule has 2 saturated heterocycles. The first-order valence-corrected chi connectivity index (χ1v) is 12.6. The Balaban J connectivity index is 1.30. The van der Waals surface area contributed by atoms with Crippen molar-refractivity contribution in [2.45, 2.75) is 69.9 Å². The van der Waals surface area contributed by atoms with Crippen LogP contribution in [0.5, 0.6) is 5.75 Å². The van der Waals surface area contributed by atoms with E-state index in [1.165, 1.54) is 6.33 Å². The monoisotopic (exact) mass is 519 g/mol. The molecule has 2 aliphatic heterocycles. The fourth-order valence-electron chi connectivity index (χ4n) is 5.34. The van der Waals surface area contributed by atoms with Crippen LogP contribution in [0.3, 0.4) is 0 Å². The molecule has 10 nitrogen and oxygen atoms in total. The Labute approximate surface area is 220 Å². The summed E-state index contributed by atoms with van der Waals surface area (Å²) in [4.78, 5) is 20.1. The van der Waals surface area contributed by atoms with E-state index >= 15 is 4.39 Å². The highest BCUT2D eigenvalue weighted by atomic mass is 19.1. The SMILES string of the molecule is CN(c1ccc(-c2ccc(-n3cnc(C#N)c3)cc2O)nn1)[C@H]1C[C@@H]2CC[C@@H]([C@H]1F)N2C(=O)OC(C)(C)C. The summed E-state index contributed by atoms with van der Waals surface area (Å²) in [6.07, 6.45) is 3.18. The first kappa shape index (κ1) is 25.4. The number of anilines is 1. The third kappa shape index (κ3) is 4.74. The van der Waals surface area contributed by atoms with Gasteiger partial charge < -0.3 is 19.3 Å². The Bertz CT molecular complexity index is 1380. The summed E-state index contributed by atoms with van der Waals surface area (Å²) in [7, 11) is 1.79. The van der Waals surface area contributed by atoms with Crippen LogP contribution in [0.1, 0.15) is 45.7 Å². The zero-order chi connectivity index (χ0) is 27.2. The largest absolute Gasteiger partial charge is 0.507 e. The number of hydrogen-bond acceptors (Lipinski definition) is 8. The van der Waals surface area contributed by atoms with E-state index in [1.54, 1.807) is 57.9 Å². The third-order valence-corrected chi connectivity index (χ3v) is 7.16. The smallest absolute Gasteiger partial charge is 0.410 e. The Hall–Kier alpha value is -4.20. The van der Waals surface area contributed by atoms with Crippen molar-refractivity contribution in [1.29, 1.82) is 5.26 Å². The van der Waals surface area contributed by atoms with Gasteiger partial charge in [0.15, 0.2) is 11.5 Å². The Morgan fingerprint density at radius 2 is 2.03 bits per heavy atom. The average molecular weight is 520 g/mol. The molecule has 0 radical (unpaired) electrons. The molecule has 4 heterocycles. The van der Waals surface area contributed by atoms with Crippen LogP contribution in [-0.4, -0.2) is 72.8 Å². The number of carbonyl (C=O) groups excluding carboxylic acids is 1. The second kappa shape index (κ2) is 9.59. The van der Waals surface area contributed by atoms with Crippen LogP contribution in [0.25, 0.3) is 16.9 Å². The van der Waals surface area contributed by atoms with Gasteiger partial charge in [-0.3, -0.25) is 4.90 Å². The molecule has 2 bridgehead atoms. The molecule has 4 atom stereocenters. The molecule has 2 aromatic heterocycles. The lowest BCUT2D eigenvalue weighted by molar-refractivity contribution is -0.0104. The minimum absolute atomic E-state index is 0.0000227. The van der Waals surface area contributed by atoms with E-state index in [9.17, 15) is 9.90 Å². The number of alkyl halides is 1. The Kier molecular flexibility index (Phi) is 6.42. The average Bonchev–Trinajstić information content (AvgIpc) is 3.49. The zero-order valence-electron chi connectivity index (χ0n) is 21.7. The summed E-state index contributed by atoms with van der Waals surface area (Å²) in [6, 6.07) is 9.44. The van der Waals surface area contributed by atoms with Gasteiger partial charge in [0.2, 0.25) is 0 Å². The highest BCUT2D eigenvalue weighted by Crippen LogP contribution is 2.41. The molecule has 5 rings (SSSR count). The Morgan fingerprint density at radius 3 is 2.66 bits per heavy atom. The first-order chi connectivity index (χ1) is 18.1. The maximum Gasteiger partial charge on any atom is 0.410 e. The van der Waals surface area contributed by atoms with E-state index in [4.69, 9.17) is 10.00 Å². The normalized spacial score (nSPS) is 22.7. The van der Waals surface area contributed by atoms with Crippen molar-refractivity contribution in [2.75, 3.05) is 11.9 Å². The number of nitriles is 1. The van der Waals surface area contributed by atoms with E-state index in [-0.39, 0.29) is 17.5 Å². The van der Waals surface area contributed by atoms with Gasteiger partial charge in [-0.1, -0.05) is 0 Å². The number of carbonyl (C=O) groups is 1. The fraction of sp³-hybridized carbons (Fsp3) is 0.444. The number of phenolic OH excluding ortho intramolecular Hbond substituents is 1. The van der Waals surface area contributed by atoms with Crippen molar-refractivity contribution >= 4 is 11.9 Å². The Morgan fingerprint density at radius 1 is 1.24 bits per heavy atom. The predicted octanol–water partition coefficient (Wildman–Crippen LogP) is 4.22. The van der Waals surface area contributed by atoms with Crippen molar-refractivity contribution in [3.05, 3.63) is 48.5 Å². The highest BCUT2D eigenvalue weighted by Gasteiger charge is 2.52. The molecule has 198 valence electrons. The lowest BCUT2D eigenvalue weighted by atomic mass is 9.94. The van der Waals surface area contributed by atoms with Crippen molar-refractivity contribution in [2.24, 2.45) is 0 Å². The van der Waals surface area contributed by atoms with Crippen molar-refractivity contribution in [3.63, 3.8) is 0 Å². The van der Waals surface area contributed by atoms with Crippen molar-refractivity contribution < 1.29 is 19.0 Å². The number of rotatable bonds is 4.